The fourth-order valence-electron chi connectivity index (χ4n) is 2.89. The van der Waals surface area contributed by atoms with Crippen LogP contribution in [0.3, 0.4) is 0 Å². The summed E-state index contributed by atoms with van der Waals surface area (Å²) in [5, 5.41) is 3.37. The lowest BCUT2D eigenvalue weighted by Gasteiger charge is -2.32. The molecule has 104 valence electrons. The first-order valence-electron chi connectivity index (χ1n) is 7.42. The molecule has 2 aliphatic rings. The number of ether oxygens (including phenoxy) is 1. The molecular formula is C14H26N2O2. The second kappa shape index (κ2) is 7.10. The molecule has 1 N–H and O–H groups in total. The number of nitrogens with one attached hydrogen (secondary N) is 1. The molecule has 0 aliphatic carbocycles. The van der Waals surface area contributed by atoms with Gasteiger partial charge in [-0.2, -0.15) is 0 Å². The average Bonchev–Trinajstić information content (AvgIpc) is 2.46. The minimum atomic E-state index is -0.166. The van der Waals surface area contributed by atoms with Crippen molar-refractivity contribution in [3.63, 3.8) is 0 Å². The summed E-state index contributed by atoms with van der Waals surface area (Å²) >= 11 is 0. The van der Waals surface area contributed by atoms with Crippen LogP contribution in [0.1, 0.15) is 39.0 Å². The van der Waals surface area contributed by atoms with Gasteiger partial charge in [0.2, 0.25) is 0 Å². The van der Waals surface area contributed by atoms with Gasteiger partial charge in [0.1, 0.15) is 6.10 Å². The van der Waals surface area contributed by atoms with Gasteiger partial charge in [0.05, 0.1) is 0 Å². The van der Waals surface area contributed by atoms with Crippen molar-refractivity contribution in [2.45, 2.75) is 45.1 Å². The number of hydrogen-bond donors (Lipinski definition) is 1. The summed E-state index contributed by atoms with van der Waals surface area (Å²) < 4.78 is 5.61. The van der Waals surface area contributed by atoms with Crippen LogP contribution in [0.4, 0.5) is 0 Å². The molecule has 0 radical (unpaired) electrons. The summed E-state index contributed by atoms with van der Waals surface area (Å²) in [6, 6.07) is 0. The zero-order chi connectivity index (χ0) is 12.8. The number of amides is 1. The topological polar surface area (TPSA) is 41.6 Å². The van der Waals surface area contributed by atoms with E-state index in [0.717, 1.165) is 52.0 Å². The molecule has 1 unspecified atom stereocenters. The largest absolute Gasteiger partial charge is 0.368 e. The van der Waals surface area contributed by atoms with Crippen molar-refractivity contribution in [3.05, 3.63) is 0 Å². The first-order valence-corrected chi connectivity index (χ1v) is 7.42. The first-order chi connectivity index (χ1) is 8.81. The van der Waals surface area contributed by atoms with Gasteiger partial charge in [-0.1, -0.05) is 0 Å². The molecule has 4 nitrogen and oxygen atoms in total. The van der Waals surface area contributed by atoms with Crippen molar-refractivity contribution in [1.82, 2.24) is 10.2 Å². The van der Waals surface area contributed by atoms with E-state index in [1.54, 1.807) is 0 Å². The molecule has 4 heteroatoms. The van der Waals surface area contributed by atoms with Gasteiger partial charge < -0.3 is 15.0 Å². The van der Waals surface area contributed by atoms with E-state index in [1.165, 1.54) is 12.8 Å². The Bertz CT molecular complexity index is 259. The van der Waals surface area contributed by atoms with Crippen LogP contribution >= 0.6 is 0 Å². The minimum absolute atomic E-state index is 0.166. The molecule has 0 bridgehead atoms. The van der Waals surface area contributed by atoms with Crippen LogP contribution in [-0.4, -0.2) is 49.7 Å². The van der Waals surface area contributed by atoms with Crippen LogP contribution in [0.2, 0.25) is 0 Å². The lowest BCUT2D eigenvalue weighted by molar-refractivity contribution is -0.147. The molecule has 0 aromatic rings. The SMILES string of the molecule is CCN(CC1CCNCC1)C(=O)C1CCCCO1. The van der Waals surface area contributed by atoms with Crippen LogP contribution in [0.25, 0.3) is 0 Å². The normalized spacial score (nSPS) is 25.9. The Morgan fingerprint density at radius 2 is 2.06 bits per heavy atom. The van der Waals surface area contributed by atoms with E-state index in [0.29, 0.717) is 5.92 Å². The van der Waals surface area contributed by atoms with Crippen molar-refractivity contribution >= 4 is 5.91 Å². The van der Waals surface area contributed by atoms with E-state index in [1.807, 2.05) is 4.90 Å². The van der Waals surface area contributed by atoms with Crippen LogP contribution in [0.15, 0.2) is 0 Å². The van der Waals surface area contributed by atoms with Crippen LogP contribution < -0.4 is 5.32 Å². The zero-order valence-corrected chi connectivity index (χ0v) is 11.5. The van der Waals surface area contributed by atoms with Crippen molar-refractivity contribution in [3.8, 4) is 0 Å². The van der Waals surface area contributed by atoms with Gasteiger partial charge in [0.15, 0.2) is 0 Å². The van der Waals surface area contributed by atoms with E-state index >= 15 is 0 Å². The zero-order valence-electron chi connectivity index (χ0n) is 11.5. The van der Waals surface area contributed by atoms with Gasteiger partial charge in [-0.3, -0.25) is 4.79 Å². The fourth-order valence-corrected chi connectivity index (χ4v) is 2.89. The van der Waals surface area contributed by atoms with E-state index in [-0.39, 0.29) is 12.0 Å². The highest BCUT2D eigenvalue weighted by molar-refractivity contribution is 5.81. The number of rotatable bonds is 4. The molecule has 0 aromatic carbocycles. The van der Waals surface area contributed by atoms with Gasteiger partial charge in [0, 0.05) is 19.7 Å². The van der Waals surface area contributed by atoms with Crippen LogP contribution in [0.5, 0.6) is 0 Å². The molecule has 0 aromatic heterocycles. The Balaban J connectivity index is 1.84. The Morgan fingerprint density at radius 3 is 2.67 bits per heavy atom. The van der Waals surface area contributed by atoms with Crippen molar-refractivity contribution < 1.29 is 9.53 Å². The summed E-state index contributed by atoms with van der Waals surface area (Å²) in [7, 11) is 0. The predicted molar refractivity (Wildman–Crippen MR) is 71.4 cm³/mol. The number of likely N-dealkylation sites (N-methyl/N-ethyl adjacent to an activating group) is 1. The standard InChI is InChI=1S/C14H26N2O2/c1-2-16(11-12-6-8-15-9-7-12)14(17)13-5-3-4-10-18-13/h12-13,15H,2-11H2,1H3. The maximum Gasteiger partial charge on any atom is 0.251 e. The summed E-state index contributed by atoms with van der Waals surface area (Å²) in [6.45, 7) is 6.73. The minimum Gasteiger partial charge on any atom is -0.368 e. The molecule has 2 saturated heterocycles. The highest BCUT2D eigenvalue weighted by Gasteiger charge is 2.27. The van der Waals surface area contributed by atoms with Gasteiger partial charge >= 0.3 is 0 Å². The molecule has 1 atom stereocenters. The van der Waals surface area contributed by atoms with Crippen molar-refractivity contribution in [2.75, 3.05) is 32.8 Å². The third-order valence-electron chi connectivity index (χ3n) is 4.09. The van der Waals surface area contributed by atoms with E-state index < -0.39 is 0 Å². The summed E-state index contributed by atoms with van der Waals surface area (Å²) in [4.78, 5) is 14.4. The number of nitrogens with zero attached hydrogens (tertiary/aromatic N) is 1. The maximum absolute atomic E-state index is 12.4. The van der Waals surface area contributed by atoms with Crippen LogP contribution in [0, 0.1) is 5.92 Å². The molecule has 1 amide bonds. The lowest BCUT2D eigenvalue weighted by Crippen LogP contribution is -2.45. The van der Waals surface area contributed by atoms with E-state index in [9.17, 15) is 4.79 Å². The number of carbonyl (C=O) groups is 1. The molecule has 0 saturated carbocycles. The third kappa shape index (κ3) is 3.69. The first kappa shape index (κ1) is 13.8. The molecule has 2 fully saturated rings. The van der Waals surface area contributed by atoms with Gasteiger partial charge in [-0.15, -0.1) is 0 Å². The Morgan fingerprint density at radius 1 is 1.28 bits per heavy atom. The highest BCUT2D eigenvalue weighted by atomic mass is 16.5. The predicted octanol–water partition coefficient (Wildman–Crippen LogP) is 1.40. The monoisotopic (exact) mass is 254 g/mol. The third-order valence-corrected chi connectivity index (χ3v) is 4.09. The quantitative estimate of drug-likeness (QED) is 0.824. The van der Waals surface area contributed by atoms with Gasteiger partial charge in [0.25, 0.3) is 5.91 Å². The van der Waals surface area contributed by atoms with E-state index in [2.05, 4.69) is 12.2 Å². The number of piperidine rings is 1. The lowest BCUT2D eigenvalue weighted by atomic mass is 9.97. The second-order valence-electron chi connectivity index (χ2n) is 5.43. The van der Waals surface area contributed by atoms with Crippen LogP contribution in [-0.2, 0) is 9.53 Å². The molecular weight excluding hydrogens is 228 g/mol. The fraction of sp³-hybridized carbons (Fsp3) is 0.929. The van der Waals surface area contributed by atoms with Crippen molar-refractivity contribution in [2.24, 2.45) is 5.92 Å². The average molecular weight is 254 g/mol. The number of hydrogen-bond acceptors (Lipinski definition) is 3. The Hall–Kier alpha value is -0.610. The Kier molecular flexibility index (Phi) is 5.45. The molecule has 18 heavy (non-hydrogen) atoms. The summed E-state index contributed by atoms with van der Waals surface area (Å²) in [5.74, 6) is 0.884. The van der Waals surface area contributed by atoms with Gasteiger partial charge in [-0.05, 0) is 58.0 Å². The van der Waals surface area contributed by atoms with Gasteiger partial charge in [-0.25, -0.2) is 0 Å². The maximum atomic E-state index is 12.4. The number of carbonyl (C=O) groups excluding carboxylic acids is 1. The molecule has 2 heterocycles. The van der Waals surface area contributed by atoms with E-state index in [4.69, 9.17) is 4.74 Å². The smallest absolute Gasteiger partial charge is 0.251 e. The van der Waals surface area contributed by atoms with Crippen molar-refractivity contribution in [1.29, 1.82) is 0 Å². The molecule has 0 spiro atoms. The summed E-state index contributed by atoms with van der Waals surface area (Å²) in [5.41, 5.74) is 0. The Labute approximate surface area is 110 Å². The molecule has 2 aliphatic heterocycles. The highest BCUT2D eigenvalue weighted by Crippen LogP contribution is 2.18. The summed E-state index contributed by atoms with van der Waals surface area (Å²) in [6.07, 6.45) is 5.35. The second-order valence-corrected chi connectivity index (χ2v) is 5.43. The molecule has 2 rings (SSSR count).